The minimum absolute atomic E-state index is 0.433. The molecule has 1 atom stereocenters. The molecule has 24 heavy (non-hydrogen) atoms. The van der Waals surface area contributed by atoms with Crippen molar-refractivity contribution in [2.45, 2.75) is 23.3 Å². The molecule has 0 saturated carbocycles. The van der Waals surface area contributed by atoms with E-state index in [-0.39, 0.29) is 0 Å². The molecule has 0 spiro atoms. The number of carbonyl (C=O) groups is 1. The van der Waals surface area contributed by atoms with Gasteiger partial charge in [-0.3, -0.25) is 4.79 Å². The summed E-state index contributed by atoms with van der Waals surface area (Å²) >= 11 is 1.71. The fourth-order valence-electron chi connectivity index (χ4n) is 1.99. The van der Waals surface area contributed by atoms with Crippen molar-refractivity contribution in [2.75, 3.05) is 11.9 Å². The van der Waals surface area contributed by atoms with Crippen molar-refractivity contribution in [2.24, 2.45) is 5.73 Å². The van der Waals surface area contributed by atoms with Gasteiger partial charge in [-0.25, -0.2) is 0 Å². The summed E-state index contributed by atoms with van der Waals surface area (Å²) in [7, 11) is 0. The molecule has 0 bridgehead atoms. The lowest BCUT2D eigenvalue weighted by Gasteiger charge is -2.18. The van der Waals surface area contributed by atoms with Crippen LogP contribution in [-0.2, 0) is 4.79 Å². The zero-order valence-electron chi connectivity index (χ0n) is 13.6. The van der Waals surface area contributed by atoms with E-state index < -0.39 is 16.1 Å². The van der Waals surface area contributed by atoms with E-state index in [0.717, 1.165) is 5.75 Å². The zero-order valence-corrected chi connectivity index (χ0v) is 15.8. The Labute approximate surface area is 155 Å². The summed E-state index contributed by atoms with van der Waals surface area (Å²) < 4.78 is 4.50. The van der Waals surface area contributed by atoms with Gasteiger partial charge in [0, 0.05) is 5.69 Å². The third-order valence-corrected chi connectivity index (χ3v) is 4.31. The van der Waals surface area contributed by atoms with Gasteiger partial charge in [-0.1, -0.05) is 26.0 Å². The van der Waals surface area contributed by atoms with E-state index in [1.807, 2.05) is 18.2 Å². The number of anilines is 1. The number of alkyl halides is 1. The summed E-state index contributed by atoms with van der Waals surface area (Å²) in [5.41, 5.74) is 7.47. The van der Waals surface area contributed by atoms with Crippen LogP contribution in [-0.4, -0.2) is 21.2 Å². The number of carbonyl (C=O) groups excluding carboxylic acids is 1. The first-order valence-corrected chi connectivity index (χ1v) is 8.67. The Balaban J connectivity index is 2.05. The van der Waals surface area contributed by atoms with Gasteiger partial charge in [0.05, 0.1) is 6.61 Å². The lowest BCUT2D eigenvalue weighted by molar-refractivity contribution is -0.118. The highest BCUT2D eigenvalue weighted by atomic mass is 127. The summed E-state index contributed by atoms with van der Waals surface area (Å²) in [6.45, 7) is 3.83. The van der Waals surface area contributed by atoms with Gasteiger partial charge < -0.3 is 20.9 Å². The highest BCUT2D eigenvalue weighted by Gasteiger charge is 2.29. The fraction of sp³-hybridized carbons (Fsp3) is 0.278. The highest BCUT2D eigenvalue weighted by Crippen LogP contribution is 2.26. The molecule has 128 valence electrons. The van der Waals surface area contributed by atoms with E-state index in [2.05, 4.69) is 25.2 Å². The number of aliphatic hydroxyl groups is 1. The lowest BCUT2D eigenvalue weighted by atomic mass is 10.0. The number of nitrogens with one attached hydrogen (secondary N) is 1. The average Bonchev–Trinajstić information content (AvgIpc) is 2.56. The third kappa shape index (κ3) is 4.93. The molecule has 0 heterocycles. The Kier molecular flexibility index (Phi) is 6.20. The van der Waals surface area contributed by atoms with Crippen LogP contribution in [0.4, 0.5) is 5.69 Å². The van der Waals surface area contributed by atoms with Crippen molar-refractivity contribution < 1.29 is 14.6 Å². The standard InChI is InChI=1S/C18H21IN2O3/c1-12(2)13-4-3-5-16(10-13)24-15-8-6-14(7-9-15)21-17(23)18(19,20)11-22/h3-10,12,22H,11,20H2,1-2H3,(H,21,23)/t18-/m0/s1. The average molecular weight is 440 g/mol. The Morgan fingerprint density at radius 1 is 1.25 bits per heavy atom. The second kappa shape index (κ2) is 7.96. The quantitative estimate of drug-likeness (QED) is 0.364. The minimum atomic E-state index is -1.34. The number of hydrogen-bond acceptors (Lipinski definition) is 4. The van der Waals surface area contributed by atoms with Crippen LogP contribution in [0.2, 0.25) is 0 Å². The number of amides is 1. The zero-order chi connectivity index (χ0) is 17.7. The summed E-state index contributed by atoms with van der Waals surface area (Å²) in [4.78, 5) is 11.9. The number of halogens is 1. The second-order valence-corrected chi connectivity index (χ2v) is 7.75. The highest BCUT2D eigenvalue weighted by molar-refractivity contribution is 14.1. The molecule has 0 aliphatic heterocycles. The van der Waals surface area contributed by atoms with Gasteiger partial charge in [0.25, 0.3) is 5.91 Å². The molecular formula is C18H21IN2O3. The molecule has 0 radical (unpaired) electrons. The topological polar surface area (TPSA) is 84.6 Å². The van der Waals surface area contributed by atoms with Crippen LogP contribution < -0.4 is 15.8 Å². The molecular weight excluding hydrogens is 419 g/mol. The molecule has 2 rings (SSSR count). The number of hydrogen-bond donors (Lipinski definition) is 3. The van der Waals surface area contributed by atoms with Crippen molar-refractivity contribution in [1.29, 1.82) is 0 Å². The van der Waals surface area contributed by atoms with E-state index in [1.54, 1.807) is 46.9 Å². The van der Waals surface area contributed by atoms with Gasteiger partial charge in [-0.05, 0) is 70.5 Å². The van der Waals surface area contributed by atoms with Gasteiger partial charge in [0.2, 0.25) is 0 Å². The maximum Gasteiger partial charge on any atom is 0.257 e. The van der Waals surface area contributed by atoms with Gasteiger partial charge >= 0.3 is 0 Å². The molecule has 0 aliphatic rings. The molecule has 5 nitrogen and oxygen atoms in total. The predicted molar refractivity (Wildman–Crippen MR) is 104 cm³/mol. The molecule has 0 aliphatic carbocycles. The SMILES string of the molecule is CC(C)c1cccc(Oc2ccc(NC(=O)[C@](N)(I)CO)cc2)c1. The lowest BCUT2D eigenvalue weighted by Crippen LogP contribution is -2.48. The summed E-state index contributed by atoms with van der Waals surface area (Å²) in [5, 5.41) is 11.8. The first-order chi connectivity index (χ1) is 11.3. The van der Waals surface area contributed by atoms with Crippen LogP contribution in [0.5, 0.6) is 11.5 Å². The van der Waals surface area contributed by atoms with Gasteiger partial charge in [-0.2, -0.15) is 0 Å². The summed E-state index contributed by atoms with van der Waals surface area (Å²) in [6, 6.07) is 14.9. The number of nitrogens with two attached hydrogens (primary N) is 1. The third-order valence-electron chi connectivity index (χ3n) is 3.48. The fourth-order valence-corrected chi connectivity index (χ4v) is 2.12. The van der Waals surface area contributed by atoms with Crippen molar-refractivity contribution in [3.63, 3.8) is 0 Å². The summed E-state index contributed by atoms with van der Waals surface area (Å²) in [6.07, 6.45) is 0. The Hall–Kier alpha value is -1.64. The second-order valence-electron chi connectivity index (χ2n) is 5.83. The smallest absolute Gasteiger partial charge is 0.257 e. The van der Waals surface area contributed by atoms with Crippen molar-refractivity contribution in [1.82, 2.24) is 0 Å². The van der Waals surface area contributed by atoms with Crippen LogP contribution in [0.25, 0.3) is 0 Å². The summed E-state index contributed by atoms with van der Waals surface area (Å²) in [5.74, 6) is 1.42. The van der Waals surface area contributed by atoms with E-state index >= 15 is 0 Å². The van der Waals surface area contributed by atoms with E-state index in [1.165, 1.54) is 5.56 Å². The number of ether oxygens (including phenoxy) is 1. The van der Waals surface area contributed by atoms with E-state index in [9.17, 15) is 4.79 Å². The van der Waals surface area contributed by atoms with Gasteiger partial charge in [0.15, 0.2) is 3.55 Å². The minimum Gasteiger partial charge on any atom is -0.457 e. The van der Waals surface area contributed by atoms with Crippen LogP contribution in [0.1, 0.15) is 25.3 Å². The Morgan fingerprint density at radius 2 is 1.92 bits per heavy atom. The first-order valence-electron chi connectivity index (χ1n) is 7.60. The van der Waals surface area contributed by atoms with Crippen LogP contribution >= 0.6 is 22.6 Å². The Bertz CT molecular complexity index is 700. The molecule has 0 fully saturated rings. The molecule has 0 saturated heterocycles. The van der Waals surface area contributed by atoms with Crippen LogP contribution in [0.3, 0.4) is 0 Å². The van der Waals surface area contributed by atoms with Crippen molar-refractivity contribution in [3.05, 3.63) is 54.1 Å². The first kappa shape index (κ1) is 18.7. The van der Waals surface area contributed by atoms with Gasteiger partial charge in [-0.15, -0.1) is 0 Å². The van der Waals surface area contributed by atoms with Crippen molar-refractivity contribution >= 4 is 34.2 Å². The Morgan fingerprint density at radius 3 is 2.50 bits per heavy atom. The number of benzene rings is 2. The molecule has 0 unspecified atom stereocenters. The van der Waals surface area contributed by atoms with Crippen LogP contribution in [0, 0.1) is 0 Å². The van der Waals surface area contributed by atoms with Crippen LogP contribution in [0.15, 0.2) is 48.5 Å². The normalized spacial score (nSPS) is 13.4. The molecule has 0 aromatic heterocycles. The molecule has 4 N–H and O–H groups in total. The number of rotatable bonds is 6. The maximum atomic E-state index is 11.9. The van der Waals surface area contributed by atoms with Crippen molar-refractivity contribution in [3.8, 4) is 11.5 Å². The number of aliphatic hydroxyl groups excluding tert-OH is 1. The molecule has 1 amide bonds. The molecule has 2 aromatic rings. The van der Waals surface area contributed by atoms with E-state index in [4.69, 9.17) is 15.6 Å². The molecule has 2 aromatic carbocycles. The van der Waals surface area contributed by atoms with Gasteiger partial charge in [0.1, 0.15) is 11.5 Å². The monoisotopic (exact) mass is 440 g/mol. The van der Waals surface area contributed by atoms with E-state index in [0.29, 0.717) is 17.4 Å². The predicted octanol–water partition coefficient (Wildman–Crippen LogP) is 3.62. The molecule has 6 heteroatoms. The largest absolute Gasteiger partial charge is 0.457 e. The maximum absolute atomic E-state index is 11.9.